The van der Waals surface area contributed by atoms with Crippen LogP contribution in [0.2, 0.25) is 0 Å². The zero-order chi connectivity index (χ0) is 14.3. The molecule has 0 bridgehead atoms. The molecule has 0 saturated carbocycles. The Labute approximate surface area is 115 Å². The molecule has 19 heavy (non-hydrogen) atoms. The predicted octanol–water partition coefficient (Wildman–Crippen LogP) is 1.82. The number of likely N-dealkylation sites (N-methyl/N-ethyl adjacent to an activating group) is 1. The van der Waals surface area contributed by atoms with Gasteiger partial charge in [-0.2, -0.15) is 0 Å². The van der Waals surface area contributed by atoms with Crippen LogP contribution in [0.25, 0.3) is 0 Å². The van der Waals surface area contributed by atoms with E-state index in [1.807, 2.05) is 38.1 Å². The molecule has 0 heterocycles. The van der Waals surface area contributed by atoms with E-state index in [-0.39, 0.29) is 11.8 Å². The van der Waals surface area contributed by atoms with Crippen molar-refractivity contribution in [1.29, 1.82) is 0 Å². The van der Waals surface area contributed by atoms with Crippen molar-refractivity contribution >= 4 is 5.91 Å². The number of nitrogens with zero attached hydrogens (tertiary/aromatic N) is 1. The average molecular weight is 264 g/mol. The summed E-state index contributed by atoms with van der Waals surface area (Å²) >= 11 is 0. The van der Waals surface area contributed by atoms with Crippen LogP contribution in [0, 0.1) is 12.8 Å². The fourth-order valence-corrected chi connectivity index (χ4v) is 1.60. The summed E-state index contributed by atoms with van der Waals surface area (Å²) < 4.78 is 5.59. The summed E-state index contributed by atoms with van der Waals surface area (Å²) in [4.78, 5) is 13.5. The Bertz CT molecular complexity index is 390. The van der Waals surface area contributed by atoms with Gasteiger partial charge in [0.25, 0.3) is 0 Å². The fourth-order valence-electron chi connectivity index (χ4n) is 1.60. The smallest absolute Gasteiger partial charge is 0.222 e. The first-order valence-corrected chi connectivity index (χ1v) is 6.66. The van der Waals surface area contributed by atoms with Crippen molar-refractivity contribution in [2.24, 2.45) is 11.7 Å². The number of carbonyl (C=O) groups is 1. The highest BCUT2D eigenvalue weighted by atomic mass is 16.5. The molecule has 0 aliphatic rings. The van der Waals surface area contributed by atoms with Crippen LogP contribution in [0.3, 0.4) is 0 Å². The SMILES string of the molecule is Cc1ccc(OCCN(C)C(=O)CC(C)CN)cc1. The lowest BCUT2D eigenvalue weighted by Crippen LogP contribution is -2.32. The maximum Gasteiger partial charge on any atom is 0.222 e. The summed E-state index contributed by atoms with van der Waals surface area (Å²) in [6.45, 7) is 5.65. The van der Waals surface area contributed by atoms with E-state index in [4.69, 9.17) is 10.5 Å². The molecule has 0 spiro atoms. The van der Waals surface area contributed by atoms with Crippen molar-refractivity contribution in [2.45, 2.75) is 20.3 Å². The van der Waals surface area contributed by atoms with Crippen LogP contribution >= 0.6 is 0 Å². The first kappa shape index (κ1) is 15.5. The van der Waals surface area contributed by atoms with Gasteiger partial charge >= 0.3 is 0 Å². The lowest BCUT2D eigenvalue weighted by atomic mass is 10.1. The number of carbonyl (C=O) groups excluding carboxylic acids is 1. The second-order valence-electron chi connectivity index (χ2n) is 5.02. The van der Waals surface area contributed by atoms with Gasteiger partial charge in [-0.25, -0.2) is 0 Å². The van der Waals surface area contributed by atoms with Gasteiger partial charge in [0.2, 0.25) is 5.91 Å². The van der Waals surface area contributed by atoms with Crippen molar-refractivity contribution in [1.82, 2.24) is 4.90 Å². The second-order valence-corrected chi connectivity index (χ2v) is 5.02. The number of hydrogen-bond donors (Lipinski definition) is 1. The summed E-state index contributed by atoms with van der Waals surface area (Å²) in [5.41, 5.74) is 6.72. The fraction of sp³-hybridized carbons (Fsp3) is 0.533. The number of aryl methyl sites for hydroxylation is 1. The second kappa shape index (κ2) is 7.79. The number of ether oxygens (including phenoxy) is 1. The Balaban J connectivity index is 2.28. The number of rotatable bonds is 7. The summed E-state index contributed by atoms with van der Waals surface area (Å²) in [7, 11) is 1.80. The number of amides is 1. The molecule has 0 saturated heterocycles. The first-order chi connectivity index (χ1) is 9.02. The van der Waals surface area contributed by atoms with Gasteiger partial charge in [-0.3, -0.25) is 4.79 Å². The number of hydrogen-bond acceptors (Lipinski definition) is 3. The Kier molecular flexibility index (Phi) is 6.36. The molecule has 1 atom stereocenters. The third-order valence-corrected chi connectivity index (χ3v) is 3.07. The highest BCUT2D eigenvalue weighted by molar-refractivity contribution is 5.76. The van der Waals surface area contributed by atoms with Crippen molar-refractivity contribution in [3.8, 4) is 5.75 Å². The van der Waals surface area contributed by atoms with E-state index in [1.54, 1.807) is 11.9 Å². The summed E-state index contributed by atoms with van der Waals surface area (Å²) in [5.74, 6) is 1.18. The third-order valence-electron chi connectivity index (χ3n) is 3.07. The normalized spacial score (nSPS) is 12.0. The highest BCUT2D eigenvalue weighted by Gasteiger charge is 2.12. The molecule has 0 radical (unpaired) electrons. The molecule has 1 aromatic rings. The van der Waals surface area contributed by atoms with Crippen LogP contribution in [0.5, 0.6) is 5.75 Å². The molecule has 1 amide bonds. The van der Waals surface area contributed by atoms with Gasteiger partial charge in [0.15, 0.2) is 0 Å². The average Bonchev–Trinajstić information content (AvgIpc) is 2.40. The molecule has 1 unspecified atom stereocenters. The molecule has 106 valence electrons. The topological polar surface area (TPSA) is 55.6 Å². The third kappa shape index (κ3) is 5.75. The molecule has 1 rings (SSSR count). The maximum absolute atomic E-state index is 11.8. The van der Waals surface area contributed by atoms with E-state index in [9.17, 15) is 4.79 Å². The molecular formula is C15H24N2O2. The Morgan fingerprint density at radius 3 is 2.58 bits per heavy atom. The minimum absolute atomic E-state index is 0.116. The van der Waals surface area contributed by atoms with Crippen molar-refractivity contribution in [3.63, 3.8) is 0 Å². The van der Waals surface area contributed by atoms with E-state index < -0.39 is 0 Å². The molecule has 4 nitrogen and oxygen atoms in total. The predicted molar refractivity (Wildman–Crippen MR) is 77.1 cm³/mol. The standard InChI is InChI=1S/C15H24N2O2/c1-12-4-6-14(7-5-12)19-9-8-17(3)15(18)10-13(2)11-16/h4-7,13H,8-11,16H2,1-3H3. The quantitative estimate of drug-likeness (QED) is 0.817. The Morgan fingerprint density at radius 2 is 2.00 bits per heavy atom. The van der Waals surface area contributed by atoms with E-state index in [1.165, 1.54) is 5.56 Å². The molecule has 4 heteroatoms. The van der Waals surface area contributed by atoms with Crippen LogP contribution < -0.4 is 10.5 Å². The summed E-state index contributed by atoms with van der Waals surface area (Å²) in [5, 5.41) is 0. The van der Waals surface area contributed by atoms with Crippen molar-refractivity contribution in [2.75, 3.05) is 26.7 Å². The van der Waals surface area contributed by atoms with Crippen LogP contribution in [0.1, 0.15) is 18.9 Å². The monoisotopic (exact) mass is 264 g/mol. The maximum atomic E-state index is 11.8. The Hall–Kier alpha value is -1.55. The number of nitrogens with two attached hydrogens (primary N) is 1. The van der Waals surface area contributed by atoms with Gasteiger partial charge in [0.05, 0.1) is 6.54 Å². The van der Waals surface area contributed by atoms with Gasteiger partial charge in [-0.15, -0.1) is 0 Å². The van der Waals surface area contributed by atoms with Crippen LogP contribution in [0.4, 0.5) is 0 Å². The van der Waals surface area contributed by atoms with Gasteiger partial charge in [0, 0.05) is 13.5 Å². The minimum Gasteiger partial charge on any atom is -0.492 e. The largest absolute Gasteiger partial charge is 0.492 e. The van der Waals surface area contributed by atoms with Crippen LogP contribution in [0.15, 0.2) is 24.3 Å². The highest BCUT2D eigenvalue weighted by Crippen LogP contribution is 2.11. The lowest BCUT2D eigenvalue weighted by Gasteiger charge is -2.19. The number of benzene rings is 1. The van der Waals surface area contributed by atoms with E-state index in [2.05, 4.69) is 0 Å². The zero-order valence-electron chi connectivity index (χ0n) is 12.1. The molecule has 0 aliphatic heterocycles. The molecule has 0 fully saturated rings. The molecular weight excluding hydrogens is 240 g/mol. The lowest BCUT2D eigenvalue weighted by molar-refractivity contribution is -0.131. The van der Waals surface area contributed by atoms with Crippen LogP contribution in [-0.2, 0) is 4.79 Å². The first-order valence-electron chi connectivity index (χ1n) is 6.66. The molecule has 1 aromatic carbocycles. The minimum atomic E-state index is 0.116. The van der Waals surface area contributed by atoms with Gasteiger partial charge in [-0.1, -0.05) is 24.6 Å². The van der Waals surface area contributed by atoms with Gasteiger partial charge in [0.1, 0.15) is 12.4 Å². The summed E-state index contributed by atoms with van der Waals surface area (Å²) in [6, 6.07) is 7.89. The van der Waals surface area contributed by atoms with Crippen molar-refractivity contribution in [3.05, 3.63) is 29.8 Å². The molecule has 0 aliphatic carbocycles. The van der Waals surface area contributed by atoms with Crippen LogP contribution in [-0.4, -0.2) is 37.6 Å². The van der Waals surface area contributed by atoms with E-state index in [0.717, 1.165) is 5.75 Å². The molecule has 2 N–H and O–H groups in total. The van der Waals surface area contributed by atoms with Gasteiger partial charge < -0.3 is 15.4 Å². The van der Waals surface area contributed by atoms with E-state index in [0.29, 0.717) is 26.1 Å². The van der Waals surface area contributed by atoms with Crippen molar-refractivity contribution < 1.29 is 9.53 Å². The van der Waals surface area contributed by atoms with Gasteiger partial charge in [-0.05, 0) is 31.5 Å². The summed E-state index contributed by atoms with van der Waals surface area (Å²) in [6.07, 6.45) is 0.498. The molecule has 0 aromatic heterocycles. The zero-order valence-corrected chi connectivity index (χ0v) is 12.1. The Morgan fingerprint density at radius 1 is 1.37 bits per heavy atom. The van der Waals surface area contributed by atoms with E-state index >= 15 is 0 Å².